The predicted molar refractivity (Wildman–Crippen MR) is 71.8 cm³/mol. The van der Waals surface area contributed by atoms with Gasteiger partial charge >= 0.3 is 0 Å². The van der Waals surface area contributed by atoms with Crippen molar-refractivity contribution in [2.24, 2.45) is 0 Å². The van der Waals surface area contributed by atoms with Crippen LogP contribution in [-0.4, -0.2) is 47.1 Å². The maximum atomic E-state index is 12.4. The molecule has 5 rings (SSSR count). The fourth-order valence-corrected chi connectivity index (χ4v) is 5.33. The fourth-order valence-electron chi connectivity index (χ4n) is 5.33. The number of nitrogens with zero attached hydrogens (tertiary/aromatic N) is 1. The number of benzene rings is 1. The number of likely N-dealkylation sites (tertiary alicyclic amines) is 1. The molecular weight excluding hydrogens is 254 g/mol. The van der Waals surface area contributed by atoms with Gasteiger partial charge in [0.05, 0.1) is 11.0 Å². The molecule has 0 radical (unpaired) electrons. The number of Topliss-reactive ketones (excluding diaryl/α,β-unsaturated/α-hetero) is 1. The first-order valence-electron chi connectivity index (χ1n) is 7.32. The predicted octanol–water partition coefficient (Wildman–Crippen LogP) is 0.649. The summed E-state index contributed by atoms with van der Waals surface area (Å²) in [7, 11) is 2.06. The molecule has 1 spiro atoms. The highest BCUT2D eigenvalue weighted by Gasteiger charge is 2.74. The first-order chi connectivity index (χ1) is 9.58. The van der Waals surface area contributed by atoms with Crippen molar-refractivity contribution in [2.75, 3.05) is 13.6 Å². The van der Waals surface area contributed by atoms with Crippen molar-refractivity contribution < 1.29 is 14.6 Å². The minimum atomic E-state index is -0.820. The smallest absolute Gasteiger partial charge is 0.174 e. The molecule has 2 bridgehead atoms. The summed E-state index contributed by atoms with van der Waals surface area (Å²) in [5, 5.41) is 11.4. The van der Waals surface area contributed by atoms with E-state index >= 15 is 0 Å². The number of hydrogen-bond donors (Lipinski definition) is 1. The summed E-state index contributed by atoms with van der Waals surface area (Å²) in [5.41, 5.74) is 1.01. The monoisotopic (exact) mass is 271 g/mol. The lowest BCUT2D eigenvalue weighted by molar-refractivity contribution is -0.147. The number of carbonyl (C=O) groups is 1. The van der Waals surface area contributed by atoms with E-state index in [9.17, 15) is 9.90 Å². The summed E-state index contributed by atoms with van der Waals surface area (Å²) < 4.78 is 6.01. The molecule has 1 aromatic carbocycles. The number of ether oxygens (including phenoxy) is 1. The molecule has 2 aliphatic carbocycles. The summed E-state index contributed by atoms with van der Waals surface area (Å²) in [6.45, 7) is 0.717. The minimum absolute atomic E-state index is 0.0996. The average molecular weight is 271 g/mol. The van der Waals surface area contributed by atoms with E-state index in [1.165, 1.54) is 5.56 Å². The van der Waals surface area contributed by atoms with Crippen LogP contribution in [-0.2, 0) is 16.6 Å². The zero-order valence-corrected chi connectivity index (χ0v) is 11.4. The first-order valence-corrected chi connectivity index (χ1v) is 7.32. The summed E-state index contributed by atoms with van der Waals surface area (Å²) in [4.78, 5) is 14.6. The zero-order chi connectivity index (χ0) is 13.7. The number of rotatable bonds is 0. The van der Waals surface area contributed by atoms with Gasteiger partial charge in [-0.1, -0.05) is 12.1 Å². The van der Waals surface area contributed by atoms with Gasteiger partial charge in [0.15, 0.2) is 11.9 Å². The highest BCUT2D eigenvalue weighted by atomic mass is 16.5. The molecular formula is C16H17NO3. The maximum Gasteiger partial charge on any atom is 0.174 e. The summed E-state index contributed by atoms with van der Waals surface area (Å²) in [6.07, 6.45) is 1.35. The third kappa shape index (κ3) is 0.912. The third-order valence-electron chi connectivity index (χ3n) is 6.06. The van der Waals surface area contributed by atoms with E-state index in [4.69, 9.17) is 4.74 Å². The van der Waals surface area contributed by atoms with Gasteiger partial charge in [0.25, 0.3) is 0 Å². The van der Waals surface area contributed by atoms with Crippen molar-refractivity contribution in [3.05, 3.63) is 29.3 Å². The van der Waals surface area contributed by atoms with Crippen LogP contribution >= 0.6 is 0 Å². The van der Waals surface area contributed by atoms with Crippen molar-refractivity contribution >= 4 is 5.78 Å². The molecule has 4 atom stereocenters. The highest BCUT2D eigenvalue weighted by Crippen LogP contribution is 2.63. The van der Waals surface area contributed by atoms with E-state index in [0.717, 1.165) is 17.7 Å². The Labute approximate surface area is 117 Å². The third-order valence-corrected chi connectivity index (χ3v) is 6.06. The molecule has 0 aromatic heterocycles. The number of ketones is 1. The Morgan fingerprint density at radius 1 is 1.45 bits per heavy atom. The summed E-state index contributed by atoms with van der Waals surface area (Å²) in [5.74, 6) is 0.961. The lowest BCUT2D eigenvalue weighted by atomic mass is 9.54. The van der Waals surface area contributed by atoms with Crippen molar-refractivity contribution in [2.45, 2.75) is 42.4 Å². The van der Waals surface area contributed by atoms with Crippen molar-refractivity contribution in [1.29, 1.82) is 0 Å². The second-order valence-corrected chi connectivity index (χ2v) is 6.79. The number of carbonyl (C=O) groups excluding carboxylic acids is 1. The zero-order valence-electron chi connectivity index (χ0n) is 11.4. The Kier molecular flexibility index (Phi) is 1.75. The SMILES string of the molecule is CN1CC23c4c5cccc4OC2C(=O)CCC3(O)C1C5. The van der Waals surface area contributed by atoms with Gasteiger partial charge in [0, 0.05) is 24.6 Å². The molecule has 20 heavy (non-hydrogen) atoms. The molecule has 1 saturated heterocycles. The first kappa shape index (κ1) is 11.3. The summed E-state index contributed by atoms with van der Waals surface area (Å²) >= 11 is 0. The van der Waals surface area contributed by atoms with E-state index < -0.39 is 17.1 Å². The van der Waals surface area contributed by atoms with E-state index in [2.05, 4.69) is 18.0 Å². The van der Waals surface area contributed by atoms with E-state index in [1.807, 2.05) is 12.1 Å². The highest BCUT2D eigenvalue weighted by molar-refractivity contribution is 5.89. The quantitative estimate of drug-likeness (QED) is 0.753. The van der Waals surface area contributed by atoms with E-state index in [1.54, 1.807) is 0 Å². The van der Waals surface area contributed by atoms with Crippen LogP contribution in [0.2, 0.25) is 0 Å². The fraction of sp³-hybridized carbons (Fsp3) is 0.562. The van der Waals surface area contributed by atoms with Crippen LogP contribution in [0.25, 0.3) is 0 Å². The van der Waals surface area contributed by atoms with Gasteiger partial charge in [0.2, 0.25) is 0 Å². The molecule has 1 saturated carbocycles. The maximum absolute atomic E-state index is 12.4. The number of likely N-dealkylation sites (N-methyl/N-ethyl adjacent to an activating group) is 1. The van der Waals surface area contributed by atoms with Gasteiger partial charge in [-0.15, -0.1) is 0 Å². The van der Waals surface area contributed by atoms with Gasteiger partial charge in [-0.2, -0.15) is 0 Å². The van der Waals surface area contributed by atoms with E-state index in [-0.39, 0.29) is 11.8 Å². The topological polar surface area (TPSA) is 49.8 Å². The molecule has 1 N–H and O–H groups in total. The van der Waals surface area contributed by atoms with Crippen LogP contribution < -0.4 is 4.74 Å². The van der Waals surface area contributed by atoms with Crippen molar-refractivity contribution in [3.63, 3.8) is 0 Å². The normalized spacial score (nSPS) is 44.4. The molecule has 4 heteroatoms. The van der Waals surface area contributed by atoms with Gasteiger partial charge in [-0.25, -0.2) is 0 Å². The van der Waals surface area contributed by atoms with Crippen LogP contribution in [0.1, 0.15) is 24.0 Å². The van der Waals surface area contributed by atoms with Crippen molar-refractivity contribution in [3.8, 4) is 5.75 Å². The summed E-state index contributed by atoms with van der Waals surface area (Å²) in [6, 6.07) is 6.16. The average Bonchev–Trinajstić information content (AvgIpc) is 2.81. The Bertz CT molecular complexity index is 657. The second kappa shape index (κ2) is 3.10. The van der Waals surface area contributed by atoms with Gasteiger partial charge < -0.3 is 9.84 Å². The van der Waals surface area contributed by atoms with Crippen LogP contribution in [0.5, 0.6) is 5.75 Å². The Balaban J connectivity index is 1.89. The van der Waals surface area contributed by atoms with Gasteiger partial charge in [-0.05, 0) is 31.5 Å². The molecule has 4 unspecified atom stereocenters. The van der Waals surface area contributed by atoms with Crippen LogP contribution in [0.15, 0.2) is 18.2 Å². The van der Waals surface area contributed by atoms with E-state index in [0.29, 0.717) is 19.4 Å². The van der Waals surface area contributed by atoms with Crippen LogP contribution in [0.3, 0.4) is 0 Å². The molecule has 104 valence electrons. The van der Waals surface area contributed by atoms with Gasteiger partial charge in [0.1, 0.15) is 5.75 Å². The molecule has 1 aromatic rings. The van der Waals surface area contributed by atoms with Crippen LogP contribution in [0.4, 0.5) is 0 Å². The molecule has 2 aliphatic heterocycles. The Hall–Kier alpha value is -1.39. The molecule has 0 amide bonds. The van der Waals surface area contributed by atoms with Gasteiger partial charge in [-0.3, -0.25) is 9.69 Å². The number of hydrogen-bond acceptors (Lipinski definition) is 4. The van der Waals surface area contributed by atoms with Crippen LogP contribution in [0, 0.1) is 0 Å². The minimum Gasteiger partial charge on any atom is -0.481 e. The largest absolute Gasteiger partial charge is 0.481 e. The second-order valence-electron chi connectivity index (χ2n) is 6.79. The Morgan fingerprint density at radius 3 is 3.15 bits per heavy atom. The molecule has 2 fully saturated rings. The standard InChI is InChI=1S/C16H17NO3/c1-17-8-15-13-9-3-2-4-11(13)20-14(15)10(18)5-6-16(15,19)12(17)7-9/h2-4,12,14,19H,5-8H2,1H3. The molecule has 4 aliphatic rings. The lowest BCUT2D eigenvalue weighted by Gasteiger charge is -2.50. The lowest BCUT2D eigenvalue weighted by Crippen LogP contribution is -2.66. The number of aliphatic hydroxyl groups is 1. The Morgan fingerprint density at radius 2 is 2.30 bits per heavy atom. The molecule has 4 nitrogen and oxygen atoms in total. The van der Waals surface area contributed by atoms with Crippen molar-refractivity contribution in [1.82, 2.24) is 4.90 Å². The molecule has 2 heterocycles.